The molecule has 2 aliphatic rings. The molecule has 1 saturated heterocycles. The van der Waals surface area contributed by atoms with Gasteiger partial charge in [-0.05, 0) is 41.5 Å². The van der Waals surface area contributed by atoms with Gasteiger partial charge in [0.25, 0.3) is 11.8 Å². The summed E-state index contributed by atoms with van der Waals surface area (Å²) in [5.74, 6) is 0.404. The summed E-state index contributed by atoms with van der Waals surface area (Å²) in [5.41, 5.74) is 3.51. The van der Waals surface area contributed by atoms with Crippen LogP contribution in [-0.2, 0) is 5.41 Å². The highest BCUT2D eigenvalue weighted by Gasteiger charge is 2.33. The Kier molecular flexibility index (Phi) is 7.76. The predicted molar refractivity (Wildman–Crippen MR) is 154 cm³/mol. The molecule has 0 aliphatic carbocycles. The van der Waals surface area contributed by atoms with Crippen molar-refractivity contribution in [2.75, 3.05) is 52.4 Å². The number of hydrogen-bond acceptors (Lipinski definition) is 6. The van der Waals surface area contributed by atoms with Crippen molar-refractivity contribution in [3.8, 4) is 5.75 Å². The lowest BCUT2D eigenvalue weighted by molar-refractivity contribution is 0.0413. The van der Waals surface area contributed by atoms with E-state index in [1.54, 1.807) is 0 Å². The Balaban J connectivity index is 1.10. The van der Waals surface area contributed by atoms with Crippen molar-refractivity contribution < 1.29 is 19.4 Å². The van der Waals surface area contributed by atoms with Crippen molar-refractivity contribution in [2.24, 2.45) is 0 Å². The first-order valence-corrected chi connectivity index (χ1v) is 13.9. The third kappa shape index (κ3) is 5.86. The molecule has 3 aromatic carbocycles. The average Bonchev–Trinajstić information content (AvgIpc) is 2.91. The first kappa shape index (κ1) is 27.3. The van der Waals surface area contributed by atoms with Gasteiger partial charge < -0.3 is 9.84 Å². The van der Waals surface area contributed by atoms with Crippen LogP contribution in [0, 0.1) is 6.92 Å². The van der Waals surface area contributed by atoms with Gasteiger partial charge in [0.1, 0.15) is 18.5 Å². The summed E-state index contributed by atoms with van der Waals surface area (Å²) in [5, 5.41) is 12.4. The monoisotopic (exact) mass is 529 g/mol. The molecule has 5 rings (SSSR count). The van der Waals surface area contributed by atoms with Crippen LogP contribution in [0.15, 0.2) is 54.6 Å². The van der Waals surface area contributed by atoms with Crippen LogP contribution in [0.25, 0.3) is 10.8 Å². The normalized spacial score (nSPS) is 17.6. The summed E-state index contributed by atoms with van der Waals surface area (Å²) in [7, 11) is 0. The number of rotatable bonds is 8. The highest BCUT2D eigenvalue weighted by atomic mass is 16.5. The summed E-state index contributed by atoms with van der Waals surface area (Å²) in [6, 6.07) is 17.4. The molecule has 0 radical (unpaired) electrons. The molecule has 7 heteroatoms. The standard InChI is InChI=1S/C32H39N3O4/c1-22-11-12-28(27(19-22)32(2,3)4)39-21-24(36)20-34-15-13-33(14-16-34)17-18-35-30(37)25-9-5-7-23-8-6-10-26(29(23)25)31(35)38/h5-12,19,24,36H,13-18,20-21H2,1-4H3/t24-/m0/s1. The van der Waals surface area contributed by atoms with Gasteiger partial charge in [-0.2, -0.15) is 0 Å². The van der Waals surface area contributed by atoms with E-state index in [0.29, 0.717) is 30.8 Å². The van der Waals surface area contributed by atoms with Crippen LogP contribution in [0.3, 0.4) is 0 Å². The van der Waals surface area contributed by atoms with Crippen LogP contribution >= 0.6 is 0 Å². The number of aliphatic hydroxyl groups excluding tert-OH is 1. The number of carbonyl (C=O) groups excluding carboxylic acids is 2. The summed E-state index contributed by atoms with van der Waals surface area (Å²) in [6.45, 7) is 13.7. The van der Waals surface area contributed by atoms with E-state index in [2.05, 4.69) is 43.6 Å². The number of piperazine rings is 1. The van der Waals surface area contributed by atoms with Gasteiger partial charge in [-0.15, -0.1) is 0 Å². The zero-order chi connectivity index (χ0) is 27.7. The van der Waals surface area contributed by atoms with E-state index < -0.39 is 6.10 Å². The second-order valence-electron chi connectivity index (χ2n) is 11.8. The van der Waals surface area contributed by atoms with Gasteiger partial charge >= 0.3 is 0 Å². The Bertz CT molecular complexity index is 1320. The molecular weight excluding hydrogens is 490 g/mol. The van der Waals surface area contributed by atoms with Crippen molar-refractivity contribution in [2.45, 2.75) is 39.2 Å². The molecule has 0 bridgehead atoms. The predicted octanol–water partition coefficient (Wildman–Crippen LogP) is 4.10. The topological polar surface area (TPSA) is 73.3 Å². The Hall–Kier alpha value is -3.26. The Morgan fingerprint density at radius 1 is 0.872 bits per heavy atom. The first-order chi connectivity index (χ1) is 18.6. The van der Waals surface area contributed by atoms with Crippen LogP contribution in [0.1, 0.15) is 52.6 Å². The highest BCUT2D eigenvalue weighted by Crippen LogP contribution is 2.32. The lowest BCUT2D eigenvalue weighted by Crippen LogP contribution is -2.51. The lowest BCUT2D eigenvalue weighted by Gasteiger charge is -2.36. The van der Waals surface area contributed by atoms with E-state index in [-0.39, 0.29) is 23.8 Å². The molecule has 2 heterocycles. The van der Waals surface area contributed by atoms with Crippen LogP contribution in [0.5, 0.6) is 5.75 Å². The third-order valence-electron chi connectivity index (χ3n) is 7.80. The van der Waals surface area contributed by atoms with Gasteiger partial charge in [0.05, 0.1) is 0 Å². The molecule has 1 N–H and O–H groups in total. The largest absolute Gasteiger partial charge is 0.491 e. The van der Waals surface area contributed by atoms with Crippen LogP contribution in [0.4, 0.5) is 0 Å². The van der Waals surface area contributed by atoms with E-state index in [1.165, 1.54) is 10.5 Å². The van der Waals surface area contributed by atoms with Crippen LogP contribution in [0.2, 0.25) is 0 Å². The van der Waals surface area contributed by atoms with Crippen molar-refractivity contribution in [1.29, 1.82) is 0 Å². The van der Waals surface area contributed by atoms with Crippen LogP contribution < -0.4 is 4.74 Å². The second kappa shape index (κ2) is 11.1. The maximum absolute atomic E-state index is 13.2. The summed E-state index contributed by atoms with van der Waals surface area (Å²) >= 11 is 0. The molecule has 206 valence electrons. The number of β-amino-alcohol motifs (C(OH)–C–C–N with tert-alkyl or cyclic N) is 1. The maximum atomic E-state index is 13.2. The number of carbonyl (C=O) groups is 2. The molecule has 0 aromatic heterocycles. The fourth-order valence-corrected chi connectivity index (χ4v) is 5.61. The number of ether oxygens (including phenoxy) is 1. The summed E-state index contributed by atoms with van der Waals surface area (Å²) < 4.78 is 6.06. The SMILES string of the molecule is Cc1ccc(OC[C@@H](O)CN2CCN(CCN3C(=O)c4cccc5cccc(c45)C3=O)CC2)c(C(C)(C)C)c1. The minimum absolute atomic E-state index is 0.0389. The molecule has 0 unspecified atom stereocenters. The van der Waals surface area contributed by atoms with Gasteiger partial charge in [-0.25, -0.2) is 0 Å². The first-order valence-electron chi connectivity index (χ1n) is 13.9. The highest BCUT2D eigenvalue weighted by molar-refractivity contribution is 6.25. The molecule has 2 amide bonds. The zero-order valence-electron chi connectivity index (χ0n) is 23.4. The number of amides is 2. The lowest BCUT2D eigenvalue weighted by atomic mass is 9.85. The molecule has 0 saturated carbocycles. The number of aryl methyl sites for hydroxylation is 1. The number of aliphatic hydroxyl groups is 1. The number of nitrogens with zero attached hydrogens (tertiary/aromatic N) is 3. The van der Waals surface area contributed by atoms with Crippen molar-refractivity contribution in [1.82, 2.24) is 14.7 Å². The minimum Gasteiger partial charge on any atom is -0.491 e. The zero-order valence-corrected chi connectivity index (χ0v) is 23.4. The molecule has 1 atom stereocenters. The number of hydrogen-bond donors (Lipinski definition) is 1. The smallest absolute Gasteiger partial charge is 0.261 e. The summed E-state index contributed by atoms with van der Waals surface area (Å²) in [4.78, 5) is 32.2. The van der Waals surface area contributed by atoms with Crippen molar-refractivity contribution >= 4 is 22.6 Å². The third-order valence-corrected chi connectivity index (χ3v) is 7.80. The van der Waals surface area contributed by atoms with Gasteiger partial charge in [0, 0.05) is 62.3 Å². The molecule has 0 spiro atoms. The molecule has 1 fully saturated rings. The van der Waals surface area contributed by atoms with Gasteiger partial charge in [0.15, 0.2) is 0 Å². The maximum Gasteiger partial charge on any atom is 0.261 e. The molecule has 7 nitrogen and oxygen atoms in total. The Morgan fingerprint density at radius 2 is 1.49 bits per heavy atom. The average molecular weight is 530 g/mol. The second-order valence-corrected chi connectivity index (χ2v) is 11.8. The van der Waals surface area contributed by atoms with E-state index in [4.69, 9.17) is 4.74 Å². The fourth-order valence-electron chi connectivity index (χ4n) is 5.61. The molecule has 3 aromatic rings. The van der Waals surface area contributed by atoms with E-state index in [0.717, 1.165) is 48.3 Å². The van der Waals surface area contributed by atoms with Gasteiger partial charge in [0.2, 0.25) is 0 Å². The summed E-state index contributed by atoms with van der Waals surface area (Å²) in [6.07, 6.45) is -0.586. The quantitative estimate of drug-likeness (QED) is 0.443. The Morgan fingerprint density at radius 3 is 2.10 bits per heavy atom. The Labute approximate surface area is 231 Å². The molecule has 39 heavy (non-hydrogen) atoms. The van der Waals surface area contributed by atoms with Crippen molar-refractivity contribution in [3.05, 3.63) is 76.9 Å². The van der Waals surface area contributed by atoms with Gasteiger partial charge in [-0.3, -0.25) is 24.3 Å². The van der Waals surface area contributed by atoms with Crippen LogP contribution in [-0.4, -0.2) is 90.1 Å². The van der Waals surface area contributed by atoms with E-state index in [9.17, 15) is 14.7 Å². The number of imide groups is 1. The molecular formula is C32H39N3O4. The van der Waals surface area contributed by atoms with E-state index in [1.807, 2.05) is 48.5 Å². The van der Waals surface area contributed by atoms with Crippen molar-refractivity contribution in [3.63, 3.8) is 0 Å². The molecule has 2 aliphatic heterocycles. The van der Waals surface area contributed by atoms with Gasteiger partial charge in [-0.1, -0.05) is 62.7 Å². The fraction of sp³-hybridized carbons (Fsp3) is 0.438. The minimum atomic E-state index is -0.586. The number of benzene rings is 3. The van der Waals surface area contributed by atoms with E-state index >= 15 is 0 Å².